The largest absolute Gasteiger partial charge is 0.392 e. The van der Waals surface area contributed by atoms with Gasteiger partial charge in [0.15, 0.2) is 0 Å². The van der Waals surface area contributed by atoms with E-state index in [1.165, 1.54) is 4.68 Å². The number of carbonyl (C=O) groups excluding carboxylic acids is 1. The summed E-state index contributed by atoms with van der Waals surface area (Å²) in [4.78, 5) is 21.5. The number of nitrogens with one attached hydrogen (secondary N) is 1. The van der Waals surface area contributed by atoms with Crippen LogP contribution in [0.15, 0.2) is 30.5 Å². The minimum Gasteiger partial charge on any atom is -0.358 e. The van der Waals surface area contributed by atoms with Crippen molar-refractivity contribution in [2.24, 2.45) is 5.84 Å². The Morgan fingerprint density at radius 3 is 2.60 bits per heavy atom. The third-order valence-electron chi connectivity index (χ3n) is 2.78. The number of amides is 1. The summed E-state index contributed by atoms with van der Waals surface area (Å²) in [5.41, 5.74) is 3.87. The second-order valence-corrected chi connectivity index (χ2v) is 4.26. The van der Waals surface area contributed by atoms with Crippen LogP contribution in [0.1, 0.15) is 21.5 Å². The van der Waals surface area contributed by atoms with Gasteiger partial charge in [-0.25, -0.2) is 5.84 Å². The Balaban J connectivity index is 2.16. The molecule has 1 heterocycles. The Labute approximate surface area is 114 Å². The first-order valence-corrected chi connectivity index (χ1v) is 5.79. The number of nitrogens with two attached hydrogens (primary N) is 1. The van der Waals surface area contributed by atoms with Crippen molar-refractivity contribution in [2.75, 3.05) is 0 Å². The van der Waals surface area contributed by atoms with E-state index >= 15 is 0 Å². The fraction of sp³-hybridized carbons (Fsp3) is 0.167. The Morgan fingerprint density at radius 2 is 2.10 bits per heavy atom. The minimum absolute atomic E-state index is 0.149. The zero-order valence-electron chi connectivity index (χ0n) is 10.7. The summed E-state index contributed by atoms with van der Waals surface area (Å²) < 4.78 is 1.49. The molecule has 0 saturated carbocycles. The highest BCUT2D eigenvalue weighted by atomic mass is 16.6. The summed E-state index contributed by atoms with van der Waals surface area (Å²) in [6, 6.07) is 6.74. The van der Waals surface area contributed by atoms with Gasteiger partial charge in [-0.2, -0.15) is 4.68 Å². The average Bonchev–Trinajstić information content (AvgIpc) is 2.79. The van der Waals surface area contributed by atoms with Crippen molar-refractivity contribution in [1.29, 1.82) is 0 Å². The van der Waals surface area contributed by atoms with Gasteiger partial charge in [-0.1, -0.05) is 12.1 Å². The van der Waals surface area contributed by atoms with Crippen LogP contribution in [-0.2, 0) is 6.54 Å². The van der Waals surface area contributed by atoms with Crippen LogP contribution >= 0.6 is 0 Å². The maximum atomic E-state index is 11.3. The lowest BCUT2D eigenvalue weighted by Crippen LogP contribution is -2.29. The Kier molecular flexibility index (Phi) is 3.76. The van der Waals surface area contributed by atoms with Gasteiger partial charge in [-0.05, 0) is 29.5 Å². The van der Waals surface area contributed by atoms with Gasteiger partial charge in [0.25, 0.3) is 5.91 Å². The number of nitrogens with zero attached hydrogens (tertiary/aromatic N) is 3. The van der Waals surface area contributed by atoms with Crippen LogP contribution in [0.3, 0.4) is 0 Å². The summed E-state index contributed by atoms with van der Waals surface area (Å²) in [6.07, 6.45) is 1.61. The molecule has 0 spiro atoms. The number of hydrogen-bond donors (Lipinski definition) is 2. The van der Waals surface area contributed by atoms with Crippen molar-refractivity contribution in [3.8, 4) is 0 Å². The van der Waals surface area contributed by atoms with E-state index in [-0.39, 0.29) is 11.7 Å². The molecular formula is C12H13N5O3. The van der Waals surface area contributed by atoms with Crippen molar-refractivity contribution in [3.05, 3.63) is 57.3 Å². The van der Waals surface area contributed by atoms with Gasteiger partial charge in [0, 0.05) is 5.56 Å². The molecule has 0 aliphatic rings. The highest BCUT2D eigenvalue weighted by Crippen LogP contribution is 2.15. The van der Waals surface area contributed by atoms with Crippen molar-refractivity contribution in [2.45, 2.75) is 13.5 Å². The number of carbonyl (C=O) groups is 1. The summed E-state index contributed by atoms with van der Waals surface area (Å²) in [6.45, 7) is 2.02. The van der Waals surface area contributed by atoms with Gasteiger partial charge in [-0.15, -0.1) is 0 Å². The number of nitro groups is 1. The van der Waals surface area contributed by atoms with Gasteiger partial charge in [0.05, 0.1) is 23.4 Å². The van der Waals surface area contributed by atoms with Crippen molar-refractivity contribution >= 4 is 11.7 Å². The van der Waals surface area contributed by atoms with Crippen LogP contribution in [0, 0.1) is 17.0 Å². The Hall–Kier alpha value is -2.74. The molecule has 8 nitrogen and oxygen atoms in total. The summed E-state index contributed by atoms with van der Waals surface area (Å²) in [5, 5.41) is 14.6. The zero-order valence-corrected chi connectivity index (χ0v) is 10.7. The zero-order chi connectivity index (χ0) is 14.7. The third kappa shape index (κ3) is 2.81. The van der Waals surface area contributed by atoms with Crippen LogP contribution in [0.5, 0.6) is 0 Å². The third-order valence-corrected chi connectivity index (χ3v) is 2.78. The van der Waals surface area contributed by atoms with E-state index in [1.54, 1.807) is 37.4 Å². The number of nitrogen functional groups attached to an aromatic ring is 1. The monoisotopic (exact) mass is 275 g/mol. The lowest BCUT2D eigenvalue weighted by Gasteiger charge is -2.01. The number of aryl methyl sites for hydroxylation is 1. The molecule has 20 heavy (non-hydrogen) atoms. The number of rotatable bonds is 4. The molecule has 0 saturated heterocycles. The van der Waals surface area contributed by atoms with Crippen molar-refractivity contribution < 1.29 is 9.72 Å². The fourth-order valence-corrected chi connectivity index (χ4v) is 1.80. The number of benzene rings is 1. The topological polar surface area (TPSA) is 116 Å². The predicted molar refractivity (Wildman–Crippen MR) is 70.8 cm³/mol. The molecule has 0 radical (unpaired) electrons. The maximum absolute atomic E-state index is 11.3. The van der Waals surface area contributed by atoms with Crippen LogP contribution in [0.2, 0.25) is 0 Å². The number of aromatic nitrogens is 2. The molecule has 1 aromatic carbocycles. The first kappa shape index (κ1) is 13.7. The van der Waals surface area contributed by atoms with Gasteiger partial charge >= 0.3 is 5.82 Å². The van der Waals surface area contributed by atoms with Crippen LogP contribution in [0.4, 0.5) is 5.82 Å². The standard InChI is InChI=1S/C12H13N5O3/c1-8-6-16(15-11(8)17(19)20)7-9-2-4-10(5-3-9)12(18)14-13/h2-6H,7,13H2,1H3,(H,14,18). The lowest BCUT2D eigenvalue weighted by molar-refractivity contribution is -0.390. The molecule has 0 aliphatic carbocycles. The average molecular weight is 275 g/mol. The number of hydrazine groups is 1. The van der Waals surface area contributed by atoms with E-state index < -0.39 is 4.92 Å². The molecule has 2 rings (SSSR count). The second kappa shape index (κ2) is 5.49. The first-order chi connectivity index (χ1) is 9.51. The summed E-state index contributed by atoms with van der Waals surface area (Å²) in [7, 11) is 0. The maximum Gasteiger partial charge on any atom is 0.392 e. The Morgan fingerprint density at radius 1 is 1.45 bits per heavy atom. The van der Waals surface area contributed by atoms with E-state index in [0.717, 1.165) is 5.56 Å². The molecular weight excluding hydrogens is 262 g/mol. The summed E-state index contributed by atoms with van der Waals surface area (Å²) in [5.74, 6) is 4.51. The van der Waals surface area contributed by atoms with Gasteiger partial charge in [-0.3, -0.25) is 10.2 Å². The van der Waals surface area contributed by atoms with Crippen molar-refractivity contribution in [1.82, 2.24) is 15.2 Å². The molecule has 2 aromatic rings. The molecule has 0 bridgehead atoms. The normalized spacial score (nSPS) is 10.3. The van der Waals surface area contributed by atoms with Gasteiger partial charge in [0.2, 0.25) is 0 Å². The highest BCUT2D eigenvalue weighted by Gasteiger charge is 2.17. The van der Waals surface area contributed by atoms with Crippen LogP contribution in [0.25, 0.3) is 0 Å². The molecule has 1 amide bonds. The Bertz CT molecular complexity index is 648. The smallest absolute Gasteiger partial charge is 0.358 e. The predicted octanol–water partition coefficient (Wildman–Crippen LogP) is 0.752. The summed E-state index contributed by atoms with van der Waals surface area (Å²) >= 11 is 0. The molecule has 8 heteroatoms. The minimum atomic E-state index is -0.513. The van der Waals surface area contributed by atoms with Crippen molar-refractivity contribution in [3.63, 3.8) is 0 Å². The molecule has 1 aromatic heterocycles. The quantitative estimate of drug-likeness (QED) is 0.369. The van der Waals surface area contributed by atoms with E-state index in [1.807, 2.05) is 5.43 Å². The molecule has 104 valence electrons. The molecule has 0 fully saturated rings. The fourth-order valence-electron chi connectivity index (χ4n) is 1.80. The second-order valence-electron chi connectivity index (χ2n) is 4.26. The van der Waals surface area contributed by atoms with Crippen LogP contribution < -0.4 is 11.3 Å². The van der Waals surface area contributed by atoms with Gasteiger partial charge in [0.1, 0.15) is 0 Å². The molecule has 0 unspecified atom stereocenters. The highest BCUT2D eigenvalue weighted by molar-refractivity contribution is 5.93. The lowest BCUT2D eigenvalue weighted by atomic mass is 10.1. The van der Waals surface area contributed by atoms with Crippen LogP contribution in [-0.4, -0.2) is 20.6 Å². The molecule has 0 aliphatic heterocycles. The van der Waals surface area contributed by atoms with Gasteiger partial charge < -0.3 is 10.1 Å². The van der Waals surface area contributed by atoms with E-state index in [4.69, 9.17) is 5.84 Å². The molecule has 3 N–H and O–H groups in total. The SMILES string of the molecule is Cc1cn(Cc2ccc(C(=O)NN)cc2)nc1[N+](=O)[O-]. The number of hydrogen-bond acceptors (Lipinski definition) is 5. The first-order valence-electron chi connectivity index (χ1n) is 5.79. The molecule has 0 atom stereocenters. The van der Waals surface area contributed by atoms with E-state index in [0.29, 0.717) is 17.7 Å². The van der Waals surface area contributed by atoms with E-state index in [2.05, 4.69) is 5.10 Å². The van der Waals surface area contributed by atoms with E-state index in [9.17, 15) is 14.9 Å².